The lowest BCUT2D eigenvalue weighted by Gasteiger charge is -2.14. The van der Waals surface area contributed by atoms with Gasteiger partial charge in [0.1, 0.15) is 5.76 Å². The minimum Gasteiger partial charge on any atom is -0.360 e. The standard InChI is InChI=1S/C28H26N4O3S/c1-16-10-17(2)12-21(11-16)32-27(34)22-8-6-7-9-24(22)29-28(32)36-15-25(33)23-13-18(3)31(20(23)5)26-14-19(4)35-30-26/h6-14H,15H2,1-5H3. The first kappa shape index (κ1) is 23.8. The number of Topliss-reactive ketones (excluding diaryl/α,β-unsaturated/α-hetero) is 1. The first-order valence-corrected chi connectivity index (χ1v) is 12.6. The molecular formula is C28H26N4O3S. The number of thioether (sulfide) groups is 1. The Hall–Kier alpha value is -3.91. The smallest absolute Gasteiger partial charge is 0.266 e. The summed E-state index contributed by atoms with van der Waals surface area (Å²) in [6.45, 7) is 9.66. The minimum atomic E-state index is -0.153. The predicted octanol–water partition coefficient (Wildman–Crippen LogP) is 5.68. The lowest BCUT2D eigenvalue weighted by molar-refractivity contribution is 0.102. The second kappa shape index (κ2) is 9.28. The van der Waals surface area contributed by atoms with Crippen molar-refractivity contribution in [3.05, 3.63) is 98.8 Å². The summed E-state index contributed by atoms with van der Waals surface area (Å²) in [6, 6.07) is 17.0. The molecule has 7 nitrogen and oxygen atoms in total. The molecule has 0 saturated heterocycles. The van der Waals surface area contributed by atoms with Crippen molar-refractivity contribution >= 4 is 28.4 Å². The number of nitrogens with zero attached hydrogens (tertiary/aromatic N) is 4. The zero-order valence-electron chi connectivity index (χ0n) is 20.8. The highest BCUT2D eigenvalue weighted by molar-refractivity contribution is 7.99. The maximum atomic E-state index is 13.6. The topological polar surface area (TPSA) is 82.9 Å². The Morgan fingerprint density at radius 3 is 2.36 bits per heavy atom. The van der Waals surface area contributed by atoms with Crippen LogP contribution in [0.15, 0.2) is 69.1 Å². The number of rotatable bonds is 6. The lowest BCUT2D eigenvalue weighted by Crippen LogP contribution is -2.22. The molecule has 0 aliphatic carbocycles. The van der Waals surface area contributed by atoms with E-state index in [9.17, 15) is 9.59 Å². The number of hydrogen-bond acceptors (Lipinski definition) is 6. The average molecular weight is 499 g/mol. The van der Waals surface area contributed by atoms with Crippen LogP contribution >= 0.6 is 11.8 Å². The Morgan fingerprint density at radius 1 is 0.944 bits per heavy atom. The summed E-state index contributed by atoms with van der Waals surface area (Å²) in [5.41, 5.74) is 5.60. The predicted molar refractivity (Wildman–Crippen MR) is 142 cm³/mol. The highest BCUT2D eigenvalue weighted by Crippen LogP contribution is 2.26. The van der Waals surface area contributed by atoms with Crippen molar-refractivity contribution in [1.82, 2.24) is 19.3 Å². The maximum Gasteiger partial charge on any atom is 0.266 e. The van der Waals surface area contributed by atoms with E-state index in [0.29, 0.717) is 33.2 Å². The number of fused-ring (bicyclic) bond motifs is 1. The average Bonchev–Trinajstić information content (AvgIpc) is 3.38. The molecule has 0 N–H and O–H groups in total. The molecule has 0 unspecified atom stereocenters. The largest absolute Gasteiger partial charge is 0.360 e. The van der Waals surface area contributed by atoms with Crippen molar-refractivity contribution in [1.29, 1.82) is 0 Å². The normalized spacial score (nSPS) is 11.4. The first-order valence-electron chi connectivity index (χ1n) is 11.6. The van der Waals surface area contributed by atoms with Crippen LogP contribution in [0.3, 0.4) is 0 Å². The summed E-state index contributed by atoms with van der Waals surface area (Å²) in [5, 5.41) is 5.12. The van der Waals surface area contributed by atoms with Crippen LogP contribution in [-0.4, -0.2) is 30.8 Å². The van der Waals surface area contributed by atoms with Crippen LogP contribution in [0, 0.1) is 34.6 Å². The zero-order chi connectivity index (χ0) is 25.6. The molecule has 5 aromatic rings. The van der Waals surface area contributed by atoms with Gasteiger partial charge in [0.15, 0.2) is 16.8 Å². The quantitative estimate of drug-likeness (QED) is 0.170. The molecule has 0 radical (unpaired) electrons. The van der Waals surface area contributed by atoms with Crippen LogP contribution in [0.1, 0.15) is 38.6 Å². The first-order chi connectivity index (χ1) is 17.2. The summed E-state index contributed by atoms with van der Waals surface area (Å²) in [4.78, 5) is 31.7. The van der Waals surface area contributed by atoms with Gasteiger partial charge in [0, 0.05) is 23.0 Å². The Kier molecular flexibility index (Phi) is 6.14. The van der Waals surface area contributed by atoms with Gasteiger partial charge in [-0.2, -0.15) is 0 Å². The summed E-state index contributed by atoms with van der Waals surface area (Å²) in [5.74, 6) is 1.44. The van der Waals surface area contributed by atoms with Crippen LogP contribution in [0.4, 0.5) is 0 Å². The monoisotopic (exact) mass is 498 g/mol. The minimum absolute atomic E-state index is 0.0473. The van der Waals surface area contributed by atoms with Crippen LogP contribution in [0.2, 0.25) is 0 Å². The molecule has 3 heterocycles. The van der Waals surface area contributed by atoms with Gasteiger partial charge in [-0.15, -0.1) is 0 Å². The van der Waals surface area contributed by atoms with Crippen LogP contribution in [-0.2, 0) is 0 Å². The molecule has 0 atom stereocenters. The van der Waals surface area contributed by atoms with Crippen LogP contribution in [0.5, 0.6) is 0 Å². The molecule has 182 valence electrons. The molecule has 0 fully saturated rings. The fourth-order valence-corrected chi connectivity index (χ4v) is 5.48. The van der Waals surface area contributed by atoms with Gasteiger partial charge in [0.2, 0.25) is 0 Å². The number of carbonyl (C=O) groups excluding carboxylic acids is 1. The Balaban J connectivity index is 1.53. The van der Waals surface area contributed by atoms with Crippen molar-refractivity contribution in [2.45, 2.75) is 39.8 Å². The molecule has 2 aromatic carbocycles. The van der Waals surface area contributed by atoms with Gasteiger partial charge >= 0.3 is 0 Å². The zero-order valence-corrected chi connectivity index (χ0v) is 21.6. The van der Waals surface area contributed by atoms with Crippen molar-refractivity contribution < 1.29 is 9.32 Å². The third-order valence-corrected chi connectivity index (χ3v) is 7.06. The van der Waals surface area contributed by atoms with Crippen LogP contribution in [0.25, 0.3) is 22.4 Å². The van der Waals surface area contributed by atoms with Gasteiger partial charge in [-0.3, -0.25) is 18.7 Å². The fourth-order valence-electron chi connectivity index (χ4n) is 4.58. The van der Waals surface area contributed by atoms with E-state index in [1.165, 1.54) is 11.8 Å². The number of hydrogen-bond donors (Lipinski definition) is 0. The van der Waals surface area contributed by atoms with Gasteiger partial charge in [0.05, 0.1) is 22.3 Å². The van der Waals surface area contributed by atoms with E-state index in [0.717, 1.165) is 28.2 Å². The molecule has 0 aliphatic rings. The summed E-state index contributed by atoms with van der Waals surface area (Å²) in [7, 11) is 0. The number of ketones is 1. The highest BCUT2D eigenvalue weighted by atomic mass is 32.2. The molecule has 0 spiro atoms. The van der Waals surface area contributed by atoms with E-state index in [2.05, 4.69) is 11.2 Å². The number of benzene rings is 2. The number of aromatic nitrogens is 4. The Morgan fingerprint density at radius 2 is 1.67 bits per heavy atom. The highest BCUT2D eigenvalue weighted by Gasteiger charge is 2.20. The van der Waals surface area contributed by atoms with Gasteiger partial charge < -0.3 is 4.52 Å². The number of carbonyl (C=O) groups is 1. The summed E-state index contributed by atoms with van der Waals surface area (Å²) in [6.07, 6.45) is 0. The molecular weight excluding hydrogens is 472 g/mol. The maximum absolute atomic E-state index is 13.6. The molecule has 0 saturated carbocycles. The van der Waals surface area contributed by atoms with Gasteiger partial charge in [-0.25, -0.2) is 4.98 Å². The molecule has 3 aromatic heterocycles. The van der Waals surface area contributed by atoms with Gasteiger partial charge in [-0.05, 0) is 76.1 Å². The third kappa shape index (κ3) is 4.28. The van der Waals surface area contributed by atoms with E-state index in [1.807, 2.05) is 81.7 Å². The summed E-state index contributed by atoms with van der Waals surface area (Å²) >= 11 is 1.27. The van der Waals surface area contributed by atoms with Gasteiger partial charge in [0.25, 0.3) is 5.56 Å². The third-order valence-electron chi connectivity index (χ3n) is 6.12. The molecule has 8 heteroatoms. The van der Waals surface area contributed by atoms with E-state index in [-0.39, 0.29) is 17.1 Å². The SMILES string of the molecule is Cc1cc(C)cc(-n2c(SCC(=O)c3cc(C)n(-c4cc(C)on4)c3C)nc3ccccc3c2=O)c1. The molecule has 5 rings (SSSR count). The van der Waals surface area contributed by atoms with Crippen molar-refractivity contribution in [3.8, 4) is 11.5 Å². The fraction of sp³-hybridized carbons (Fsp3) is 0.214. The Labute approximate surface area is 212 Å². The summed E-state index contributed by atoms with van der Waals surface area (Å²) < 4.78 is 8.75. The van der Waals surface area contributed by atoms with Crippen molar-refractivity contribution in [3.63, 3.8) is 0 Å². The van der Waals surface area contributed by atoms with Gasteiger partial charge in [-0.1, -0.05) is 35.1 Å². The lowest BCUT2D eigenvalue weighted by atomic mass is 10.1. The van der Waals surface area contributed by atoms with Crippen molar-refractivity contribution in [2.24, 2.45) is 0 Å². The molecule has 0 amide bonds. The molecule has 0 bridgehead atoms. The van der Waals surface area contributed by atoms with E-state index in [4.69, 9.17) is 9.51 Å². The molecule has 36 heavy (non-hydrogen) atoms. The van der Waals surface area contributed by atoms with Crippen molar-refractivity contribution in [2.75, 3.05) is 5.75 Å². The second-order valence-corrected chi connectivity index (χ2v) is 9.97. The second-order valence-electron chi connectivity index (χ2n) is 9.03. The van der Waals surface area contributed by atoms with E-state index in [1.54, 1.807) is 10.6 Å². The Bertz CT molecular complexity index is 1670. The van der Waals surface area contributed by atoms with Crippen LogP contribution < -0.4 is 5.56 Å². The van der Waals surface area contributed by atoms with E-state index >= 15 is 0 Å². The van der Waals surface area contributed by atoms with E-state index < -0.39 is 0 Å². The number of aryl methyl sites for hydroxylation is 4. The number of para-hydroxylation sites is 1. The molecule has 0 aliphatic heterocycles.